The molecule has 0 spiro atoms. The SMILES string of the molecule is CCNCCc1nc(-c2ccc3c(c2)OCCO3)c(C)s1. The number of benzene rings is 1. The molecule has 0 atom stereocenters. The van der Waals surface area contributed by atoms with E-state index in [4.69, 9.17) is 14.5 Å². The summed E-state index contributed by atoms with van der Waals surface area (Å²) in [6, 6.07) is 6.06. The number of thiazole rings is 1. The Hall–Kier alpha value is -1.59. The highest BCUT2D eigenvalue weighted by Gasteiger charge is 2.15. The van der Waals surface area contributed by atoms with Gasteiger partial charge in [0.1, 0.15) is 13.2 Å². The Kier molecular flexibility index (Phi) is 4.41. The zero-order chi connectivity index (χ0) is 14.7. The van der Waals surface area contributed by atoms with Crippen LogP contribution in [-0.4, -0.2) is 31.3 Å². The van der Waals surface area contributed by atoms with Gasteiger partial charge in [-0.15, -0.1) is 11.3 Å². The van der Waals surface area contributed by atoms with Crippen molar-refractivity contribution < 1.29 is 9.47 Å². The van der Waals surface area contributed by atoms with E-state index in [2.05, 4.69) is 25.2 Å². The van der Waals surface area contributed by atoms with Gasteiger partial charge in [0.05, 0.1) is 10.7 Å². The van der Waals surface area contributed by atoms with Crippen LogP contribution in [0.2, 0.25) is 0 Å². The van der Waals surface area contributed by atoms with E-state index in [0.29, 0.717) is 13.2 Å². The lowest BCUT2D eigenvalue weighted by molar-refractivity contribution is 0.171. The van der Waals surface area contributed by atoms with E-state index < -0.39 is 0 Å². The van der Waals surface area contributed by atoms with Crippen LogP contribution in [-0.2, 0) is 6.42 Å². The third kappa shape index (κ3) is 3.19. The number of hydrogen-bond acceptors (Lipinski definition) is 5. The molecule has 0 radical (unpaired) electrons. The van der Waals surface area contributed by atoms with Crippen LogP contribution in [0.3, 0.4) is 0 Å². The van der Waals surface area contributed by atoms with Crippen molar-refractivity contribution in [2.24, 2.45) is 0 Å². The third-order valence-electron chi connectivity index (χ3n) is 3.42. The molecule has 0 amide bonds. The van der Waals surface area contributed by atoms with Gasteiger partial charge in [-0.3, -0.25) is 0 Å². The standard InChI is InChI=1S/C16H20N2O2S/c1-3-17-7-6-15-18-16(11(2)21-15)12-4-5-13-14(10-12)20-9-8-19-13/h4-5,10,17H,3,6-9H2,1-2H3. The fourth-order valence-corrected chi connectivity index (χ4v) is 3.34. The summed E-state index contributed by atoms with van der Waals surface area (Å²) in [6.45, 7) is 7.45. The molecule has 2 heterocycles. The van der Waals surface area contributed by atoms with Crippen LogP contribution in [0.25, 0.3) is 11.3 Å². The molecule has 1 aliphatic heterocycles. The van der Waals surface area contributed by atoms with E-state index in [1.807, 2.05) is 12.1 Å². The lowest BCUT2D eigenvalue weighted by Gasteiger charge is -2.18. The quantitative estimate of drug-likeness (QED) is 0.862. The van der Waals surface area contributed by atoms with E-state index in [1.54, 1.807) is 11.3 Å². The highest BCUT2D eigenvalue weighted by atomic mass is 32.1. The van der Waals surface area contributed by atoms with Crippen LogP contribution in [0.1, 0.15) is 16.8 Å². The fraction of sp³-hybridized carbons (Fsp3) is 0.438. The van der Waals surface area contributed by atoms with Gasteiger partial charge in [-0.1, -0.05) is 6.92 Å². The second-order valence-electron chi connectivity index (χ2n) is 4.97. The molecule has 0 bridgehead atoms. The highest BCUT2D eigenvalue weighted by molar-refractivity contribution is 7.12. The first-order valence-corrected chi connectivity index (χ1v) is 8.16. The predicted octanol–water partition coefficient (Wildman–Crippen LogP) is 3.04. The van der Waals surface area contributed by atoms with Gasteiger partial charge < -0.3 is 14.8 Å². The van der Waals surface area contributed by atoms with Crippen LogP contribution in [0, 0.1) is 6.92 Å². The van der Waals surface area contributed by atoms with Crippen molar-refractivity contribution >= 4 is 11.3 Å². The number of hydrogen-bond donors (Lipinski definition) is 1. The summed E-state index contributed by atoms with van der Waals surface area (Å²) in [6.07, 6.45) is 0.976. The van der Waals surface area contributed by atoms with Crippen LogP contribution in [0.15, 0.2) is 18.2 Å². The van der Waals surface area contributed by atoms with Crippen molar-refractivity contribution in [1.29, 1.82) is 0 Å². The van der Waals surface area contributed by atoms with Gasteiger partial charge in [-0.2, -0.15) is 0 Å². The Morgan fingerprint density at radius 3 is 2.86 bits per heavy atom. The first-order valence-electron chi connectivity index (χ1n) is 7.35. The number of nitrogens with zero attached hydrogens (tertiary/aromatic N) is 1. The first-order chi connectivity index (χ1) is 10.3. The molecular weight excluding hydrogens is 284 g/mol. The predicted molar refractivity (Wildman–Crippen MR) is 85.5 cm³/mol. The second kappa shape index (κ2) is 6.45. The molecule has 112 valence electrons. The molecular formula is C16H20N2O2S. The van der Waals surface area contributed by atoms with Crippen molar-refractivity contribution in [2.45, 2.75) is 20.3 Å². The van der Waals surface area contributed by atoms with Gasteiger partial charge in [0.25, 0.3) is 0 Å². The van der Waals surface area contributed by atoms with Gasteiger partial charge in [0, 0.05) is 23.4 Å². The topological polar surface area (TPSA) is 43.4 Å². The molecule has 1 aromatic heterocycles. The van der Waals surface area contributed by atoms with Crippen molar-refractivity contribution in [3.05, 3.63) is 28.1 Å². The summed E-state index contributed by atoms with van der Waals surface area (Å²) in [5.41, 5.74) is 2.16. The molecule has 5 heteroatoms. The minimum Gasteiger partial charge on any atom is -0.486 e. The summed E-state index contributed by atoms with van der Waals surface area (Å²) in [5.74, 6) is 1.64. The molecule has 21 heavy (non-hydrogen) atoms. The average Bonchev–Trinajstić information content (AvgIpc) is 2.88. The van der Waals surface area contributed by atoms with Crippen LogP contribution in [0.5, 0.6) is 11.5 Å². The molecule has 0 unspecified atom stereocenters. The Labute approximate surface area is 129 Å². The normalized spacial score (nSPS) is 13.4. The molecule has 1 aliphatic rings. The van der Waals surface area contributed by atoms with E-state index in [-0.39, 0.29) is 0 Å². The van der Waals surface area contributed by atoms with Gasteiger partial charge in [-0.25, -0.2) is 4.98 Å². The fourth-order valence-electron chi connectivity index (χ4n) is 2.39. The third-order valence-corrected chi connectivity index (χ3v) is 4.45. The highest BCUT2D eigenvalue weighted by Crippen LogP contribution is 2.36. The maximum atomic E-state index is 5.65. The zero-order valence-electron chi connectivity index (χ0n) is 12.4. The molecule has 2 aromatic rings. The van der Waals surface area contributed by atoms with Crippen molar-refractivity contribution in [3.8, 4) is 22.8 Å². The molecule has 0 aliphatic carbocycles. The number of aryl methyl sites for hydroxylation is 1. The lowest BCUT2D eigenvalue weighted by atomic mass is 10.1. The Morgan fingerprint density at radius 2 is 2.05 bits per heavy atom. The van der Waals surface area contributed by atoms with E-state index in [1.165, 1.54) is 9.88 Å². The molecule has 1 aromatic carbocycles. The number of fused-ring (bicyclic) bond motifs is 1. The maximum Gasteiger partial charge on any atom is 0.162 e. The largest absolute Gasteiger partial charge is 0.486 e. The Bertz CT molecular complexity index is 625. The Morgan fingerprint density at radius 1 is 1.24 bits per heavy atom. The van der Waals surface area contributed by atoms with Crippen LogP contribution in [0.4, 0.5) is 0 Å². The summed E-state index contributed by atoms with van der Waals surface area (Å²) >= 11 is 1.77. The van der Waals surface area contributed by atoms with Crippen molar-refractivity contribution in [1.82, 2.24) is 10.3 Å². The molecule has 3 rings (SSSR count). The molecule has 4 nitrogen and oxygen atoms in total. The Balaban J connectivity index is 1.83. The average molecular weight is 304 g/mol. The van der Waals surface area contributed by atoms with Crippen LogP contribution < -0.4 is 14.8 Å². The molecule has 0 saturated carbocycles. The van der Waals surface area contributed by atoms with Gasteiger partial charge in [0.15, 0.2) is 11.5 Å². The number of nitrogens with one attached hydrogen (secondary N) is 1. The monoisotopic (exact) mass is 304 g/mol. The summed E-state index contributed by atoms with van der Waals surface area (Å²) < 4.78 is 11.2. The molecule has 1 N–H and O–H groups in total. The maximum absolute atomic E-state index is 5.65. The number of aromatic nitrogens is 1. The van der Waals surface area contributed by atoms with E-state index in [9.17, 15) is 0 Å². The van der Waals surface area contributed by atoms with Gasteiger partial charge in [-0.05, 0) is 31.7 Å². The number of ether oxygens (including phenoxy) is 2. The zero-order valence-corrected chi connectivity index (χ0v) is 13.3. The molecule has 0 fully saturated rings. The van der Waals surface area contributed by atoms with Crippen LogP contribution >= 0.6 is 11.3 Å². The number of rotatable bonds is 5. The smallest absolute Gasteiger partial charge is 0.162 e. The summed E-state index contributed by atoms with van der Waals surface area (Å²) in [7, 11) is 0. The van der Waals surface area contributed by atoms with Gasteiger partial charge >= 0.3 is 0 Å². The lowest BCUT2D eigenvalue weighted by Crippen LogP contribution is -2.15. The minimum atomic E-state index is 0.612. The summed E-state index contributed by atoms with van der Waals surface area (Å²) in [4.78, 5) is 6.03. The first kappa shape index (κ1) is 14.4. The summed E-state index contributed by atoms with van der Waals surface area (Å²) in [5, 5.41) is 4.52. The van der Waals surface area contributed by atoms with Crippen molar-refractivity contribution in [3.63, 3.8) is 0 Å². The van der Waals surface area contributed by atoms with E-state index in [0.717, 1.165) is 42.3 Å². The second-order valence-corrected chi connectivity index (χ2v) is 6.26. The minimum absolute atomic E-state index is 0.612. The molecule has 0 saturated heterocycles. The van der Waals surface area contributed by atoms with E-state index >= 15 is 0 Å². The van der Waals surface area contributed by atoms with Gasteiger partial charge in [0.2, 0.25) is 0 Å². The number of likely N-dealkylation sites (N-methyl/N-ethyl adjacent to an activating group) is 1. The van der Waals surface area contributed by atoms with Crippen molar-refractivity contribution in [2.75, 3.05) is 26.3 Å².